The van der Waals surface area contributed by atoms with E-state index in [0.29, 0.717) is 0 Å². The fraction of sp³-hybridized carbons (Fsp3) is 0.125. The molecule has 4 nitrogen and oxygen atoms in total. The van der Waals surface area contributed by atoms with Crippen molar-refractivity contribution in [3.05, 3.63) is 180 Å². The summed E-state index contributed by atoms with van der Waals surface area (Å²) in [5.41, 5.74) is 7.84. The molecule has 5 aromatic carbocycles. The largest absolute Gasteiger partial charge is 0.496 e. The molecule has 0 unspecified atom stereocenters. The number of aromatic nitrogens is 1. The molecule has 6 heteroatoms. The van der Waals surface area contributed by atoms with Crippen molar-refractivity contribution in [3.63, 3.8) is 0 Å². The van der Waals surface area contributed by atoms with Gasteiger partial charge in [-0.25, -0.2) is 0 Å². The van der Waals surface area contributed by atoms with E-state index >= 15 is 0 Å². The maximum Gasteiger partial charge on any atom is 0.213 e. The lowest BCUT2D eigenvalue weighted by Crippen LogP contribution is -2.35. The van der Waals surface area contributed by atoms with E-state index in [0.717, 1.165) is 74.7 Å². The number of pyridine rings is 1. The highest BCUT2D eigenvalue weighted by Crippen LogP contribution is 2.31. The van der Waals surface area contributed by atoms with Crippen LogP contribution in [0.4, 0.5) is 0 Å². The van der Waals surface area contributed by atoms with Gasteiger partial charge in [-0.15, -0.1) is 0 Å². The number of fused-ring (bicyclic) bond motifs is 3. The van der Waals surface area contributed by atoms with E-state index in [4.69, 9.17) is 14.5 Å². The van der Waals surface area contributed by atoms with Crippen LogP contribution in [-0.2, 0) is 6.54 Å². The number of ether oxygens (including phenoxy) is 2. The number of para-hydroxylation sites is 1. The zero-order valence-electron chi connectivity index (χ0n) is 30.7. The monoisotopic (exact) mass is 743 g/mol. The Labute approximate surface area is 326 Å². The van der Waals surface area contributed by atoms with Gasteiger partial charge in [0, 0.05) is 40.8 Å². The Morgan fingerprint density at radius 3 is 1.89 bits per heavy atom. The number of rotatable bonds is 14. The molecule has 1 aromatic heterocycles. The van der Waals surface area contributed by atoms with Gasteiger partial charge in [0.15, 0.2) is 12.7 Å². The SMILES string of the molecule is C=CC(/C=C/c1ccc(OC)c2ccccc12)=C1/C=CC=CC1=NCCSSCC[n+]1ccc(/C=C/c2ccc(OC)c3ccccc23)c2ccccc21. The van der Waals surface area contributed by atoms with Gasteiger partial charge >= 0.3 is 0 Å². The summed E-state index contributed by atoms with van der Waals surface area (Å²) in [4.78, 5) is 5.00. The van der Waals surface area contributed by atoms with Crippen molar-refractivity contribution >= 4 is 78.0 Å². The number of methoxy groups -OCH3 is 2. The summed E-state index contributed by atoms with van der Waals surface area (Å²) < 4.78 is 13.5. The number of hydrogen-bond donors (Lipinski definition) is 0. The van der Waals surface area contributed by atoms with E-state index in [2.05, 4.69) is 151 Å². The second kappa shape index (κ2) is 18.0. The minimum absolute atomic E-state index is 0.743. The van der Waals surface area contributed by atoms with E-state index in [1.165, 1.54) is 27.4 Å². The Hall–Kier alpha value is -5.56. The van der Waals surface area contributed by atoms with E-state index in [1.807, 2.05) is 45.9 Å². The van der Waals surface area contributed by atoms with Gasteiger partial charge in [-0.2, -0.15) is 4.57 Å². The molecule has 268 valence electrons. The van der Waals surface area contributed by atoms with Gasteiger partial charge in [-0.05, 0) is 57.3 Å². The summed E-state index contributed by atoms with van der Waals surface area (Å²) in [6, 6.07) is 35.9. The first-order valence-corrected chi connectivity index (χ1v) is 20.6. The Morgan fingerprint density at radius 2 is 1.22 bits per heavy atom. The summed E-state index contributed by atoms with van der Waals surface area (Å²) in [7, 11) is 7.22. The van der Waals surface area contributed by atoms with Crippen molar-refractivity contribution in [1.29, 1.82) is 0 Å². The van der Waals surface area contributed by atoms with Gasteiger partial charge in [0.05, 0.1) is 31.1 Å². The second-order valence-corrected chi connectivity index (χ2v) is 15.4. The molecule has 1 aliphatic carbocycles. The fourth-order valence-corrected chi connectivity index (χ4v) is 8.65. The van der Waals surface area contributed by atoms with Crippen LogP contribution in [0.1, 0.15) is 16.7 Å². The lowest BCUT2D eigenvalue weighted by atomic mass is 9.97. The summed E-state index contributed by atoms with van der Waals surface area (Å²) in [5, 5.41) is 5.80. The van der Waals surface area contributed by atoms with Crippen LogP contribution in [0.25, 0.3) is 50.7 Å². The highest BCUT2D eigenvalue weighted by molar-refractivity contribution is 8.76. The molecule has 0 saturated carbocycles. The van der Waals surface area contributed by atoms with Crippen LogP contribution in [0, 0.1) is 0 Å². The number of hydrogen-bond acceptors (Lipinski definition) is 5. The lowest BCUT2D eigenvalue weighted by molar-refractivity contribution is -0.666. The molecule has 54 heavy (non-hydrogen) atoms. The van der Waals surface area contributed by atoms with Crippen LogP contribution in [0.2, 0.25) is 0 Å². The molecule has 0 atom stereocenters. The van der Waals surface area contributed by atoms with Crippen molar-refractivity contribution in [2.24, 2.45) is 4.99 Å². The van der Waals surface area contributed by atoms with Gasteiger partial charge in [0.2, 0.25) is 5.52 Å². The second-order valence-electron chi connectivity index (χ2n) is 12.7. The quantitative estimate of drug-likeness (QED) is 0.0632. The predicted octanol–water partition coefficient (Wildman–Crippen LogP) is 11.8. The van der Waals surface area contributed by atoms with Crippen LogP contribution in [-0.4, -0.2) is 38.0 Å². The summed E-state index contributed by atoms with van der Waals surface area (Å²) in [6.45, 7) is 5.80. The van der Waals surface area contributed by atoms with Gasteiger partial charge in [-0.3, -0.25) is 4.99 Å². The molecule has 0 amide bonds. The van der Waals surface area contributed by atoms with Crippen molar-refractivity contribution in [2.75, 3.05) is 32.3 Å². The maximum atomic E-state index is 5.60. The van der Waals surface area contributed by atoms with Crippen LogP contribution in [0.15, 0.2) is 168 Å². The first-order chi connectivity index (χ1) is 26.7. The Morgan fingerprint density at radius 1 is 0.648 bits per heavy atom. The molecule has 0 bridgehead atoms. The van der Waals surface area contributed by atoms with Crippen molar-refractivity contribution < 1.29 is 14.0 Å². The van der Waals surface area contributed by atoms with E-state index in [9.17, 15) is 0 Å². The van der Waals surface area contributed by atoms with Crippen LogP contribution in [0.5, 0.6) is 11.5 Å². The van der Waals surface area contributed by atoms with Crippen molar-refractivity contribution in [1.82, 2.24) is 0 Å². The van der Waals surface area contributed by atoms with Gasteiger partial charge in [0.1, 0.15) is 11.5 Å². The van der Waals surface area contributed by atoms with Crippen LogP contribution < -0.4 is 14.0 Å². The number of aliphatic imine (C=N–C) groups is 1. The zero-order valence-corrected chi connectivity index (χ0v) is 32.3. The summed E-state index contributed by atoms with van der Waals surface area (Å²) in [5.74, 6) is 3.71. The Kier molecular flexibility index (Phi) is 12.2. The molecule has 7 rings (SSSR count). The molecule has 0 saturated heterocycles. The van der Waals surface area contributed by atoms with Gasteiger partial charge < -0.3 is 9.47 Å². The maximum absolute atomic E-state index is 5.60. The highest BCUT2D eigenvalue weighted by atomic mass is 33.1. The summed E-state index contributed by atoms with van der Waals surface area (Å²) in [6.07, 6.45) is 21.2. The number of aryl methyl sites for hydroxylation is 1. The number of nitrogens with zero attached hydrogens (tertiary/aromatic N) is 2. The van der Waals surface area contributed by atoms with Crippen LogP contribution in [0.3, 0.4) is 0 Å². The fourth-order valence-electron chi connectivity index (χ4n) is 6.82. The van der Waals surface area contributed by atoms with Crippen molar-refractivity contribution in [3.8, 4) is 11.5 Å². The molecule has 1 heterocycles. The third kappa shape index (κ3) is 8.31. The Bertz CT molecular complexity index is 2510. The molecular weight excluding hydrogens is 701 g/mol. The van der Waals surface area contributed by atoms with Crippen LogP contribution >= 0.6 is 21.6 Å². The van der Waals surface area contributed by atoms with Crippen molar-refractivity contribution in [2.45, 2.75) is 6.54 Å². The number of allylic oxidation sites excluding steroid dienone is 8. The predicted molar refractivity (Wildman–Crippen MR) is 236 cm³/mol. The molecular formula is C48H43N2O2S2+. The number of benzene rings is 5. The standard InChI is InChI=1S/C48H43N2O2S2/c1-4-35(21-22-36-25-27-47(51-2)43-17-7-5-13-39(36)43)41-15-9-11-19-45(41)49-30-33-53-54-34-32-50-31-29-38(42-16-10-12-20-46(42)50)24-23-37-26-28-48(52-3)44-18-8-6-14-40(37)44/h4-29,31H,1,30,32-34H2,2-3H3/q+1/b22-21+,24-23+,41-35+,49-45?. The van der Waals surface area contributed by atoms with E-state index in [1.54, 1.807) is 14.2 Å². The average Bonchev–Trinajstić information content (AvgIpc) is 3.23. The molecule has 0 fully saturated rings. The van der Waals surface area contributed by atoms with Gasteiger partial charge in [-0.1, -0.05) is 150 Å². The average molecular weight is 744 g/mol. The van der Waals surface area contributed by atoms with E-state index < -0.39 is 0 Å². The third-order valence-electron chi connectivity index (χ3n) is 9.51. The molecule has 6 aromatic rings. The minimum atomic E-state index is 0.743. The molecule has 0 spiro atoms. The Balaban J connectivity index is 0.966. The highest BCUT2D eigenvalue weighted by Gasteiger charge is 2.13. The third-order valence-corrected chi connectivity index (χ3v) is 11.9. The molecule has 0 radical (unpaired) electrons. The minimum Gasteiger partial charge on any atom is -0.496 e. The van der Waals surface area contributed by atoms with E-state index in [-0.39, 0.29) is 0 Å². The zero-order chi connectivity index (χ0) is 37.1. The normalized spacial score (nSPS) is 14.6. The molecule has 0 N–H and O–H groups in total. The topological polar surface area (TPSA) is 34.7 Å². The summed E-state index contributed by atoms with van der Waals surface area (Å²) >= 11 is 0. The smallest absolute Gasteiger partial charge is 0.213 e. The molecule has 1 aliphatic rings. The first-order valence-electron chi connectivity index (χ1n) is 18.1. The molecule has 0 aliphatic heterocycles. The van der Waals surface area contributed by atoms with Gasteiger partial charge in [0.25, 0.3) is 0 Å². The lowest BCUT2D eigenvalue weighted by Gasteiger charge is -2.11. The first kappa shape index (κ1) is 36.8.